The average Bonchev–Trinajstić information content (AvgIpc) is 3.38. The SMILES string of the molecule is CC(=O)N1CCc2c(sc(NC(=O)c3cccc([N+](=O)[O-])c3C)c2-c2nc3ccccc3s2)C1. The van der Waals surface area contributed by atoms with Gasteiger partial charge in [-0.25, -0.2) is 4.98 Å². The van der Waals surface area contributed by atoms with Crippen LogP contribution in [-0.4, -0.2) is 33.2 Å². The summed E-state index contributed by atoms with van der Waals surface area (Å²) in [6, 6.07) is 12.4. The zero-order valence-corrected chi connectivity index (χ0v) is 20.1. The van der Waals surface area contributed by atoms with Gasteiger partial charge in [-0.1, -0.05) is 18.2 Å². The minimum absolute atomic E-state index is 0.0124. The molecule has 0 unspecified atom stereocenters. The number of aromatic nitrogens is 1. The first-order chi connectivity index (χ1) is 16.3. The third-order valence-electron chi connectivity index (χ3n) is 5.98. The van der Waals surface area contributed by atoms with E-state index in [2.05, 4.69) is 5.32 Å². The van der Waals surface area contributed by atoms with Crippen molar-refractivity contribution in [3.05, 3.63) is 74.1 Å². The van der Waals surface area contributed by atoms with Crippen LogP contribution >= 0.6 is 22.7 Å². The minimum Gasteiger partial charge on any atom is -0.337 e. The summed E-state index contributed by atoms with van der Waals surface area (Å²) in [5, 5.41) is 15.8. The first kappa shape index (κ1) is 22.2. The molecule has 2 aromatic heterocycles. The highest BCUT2D eigenvalue weighted by Crippen LogP contribution is 2.46. The maximum Gasteiger partial charge on any atom is 0.273 e. The summed E-state index contributed by atoms with van der Waals surface area (Å²) in [7, 11) is 0. The number of nitrogens with zero attached hydrogens (tertiary/aromatic N) is 3. The monoisotopic (exact) mass is 492 g/mol. The van der Waals surface area contributed by atoms with Gasteiger partial charge in [0, 0.05) is 41.1 Å². The molecular weight excluding hydrogens is 472 g/mol. The highest BCUT2D eigenvalue weighted by atomic mass is 32.1. The number of thiazole rings is 1. The van der Waals surface area contributed by atoms with Crippen LogP contribution in [0.2, 0.25) is 0 Å². The Morgan fingerprint density at radius 3 is 2.68 bits per heavy atom. The van der Waals surface area contributed by atoms with Gasteiger partial charge in [-0.3, -0.25) is 19.7 Å². The quantitative estimate of drug-likeness (QED) is 0.303. The maximum absolute atomic E-state index is 13.2. The van der Waals surface area contributed by atoms with E-state index in [1.54, 1.807) is 36.2 Å². The Balaban J connectivity index is 1.59. The number of anilines is 1. The molecule has 5 rings (SSSR count). The molecule has 8 nitrogen and oxygen atoms in total. The van der Waals surface area contributed by atoms with Crippen LogP contribution in [0.5, 0.6) is 0 Å². The van der Waals surface area contributed by atoms with Crippen molar-refractivity contribution in [2.75, 3.05) is 11.9 Å². The Bertz CT molecular complexity index is 1440. The van der Waals surface area contributed by atoms with Crippen molar-refractivity contribution in [1.82, 2.24) is 9.88 Å². The fourth-order valence-electron chi connectivity index (χ4n) is 4.20. The summed E-state index contributed by atoms with van der Waals surface area (Å²) in [4.78, 5) is 43.7. The minimum atomic E-state index is -0.487. The number of benzene rings is 2. The van der Waals surface area contributed by atoms with Crippen LogP contribution in [0.1, 0.15) is 33.3 Å². The van der Waals surface area contributed by atoms with Crippen molar-refractivity contribution in [3.63, 3.8) is 0 Å². The Morgan fingerprint density at radius 2 is 1.94 bits per heavy atom. The lowest BCUT2D eigenvalue weighted by atomic mass is 10.0. The Labute approximate surface area is 203 Å². The van der Waals surface area contributed by atoms with Crippen LogP contribution in [0, 0.1) is 17.0 Å². The van der Waals surface area contributed by atoms with Crippen molar-refractivity contribution >= 4 is 55.4 Å². The predicted molar refractivity (Wildman–Crippen MR) is 134 cm³/mol. The number of carbonyl (C=O) groups excluding carboxylic acids is 2. The molecule has 4 aromatic rings. The fraction of sp³-hybridized carbons (Fsp3) is 0.208. The van der Waals surface area contributed by atoms with Gasteiger partial charge in [0.1, 0.15) is 10.0 Å². The Morgan fingerprint density at radius 1 is 1.15 bits per heavy atom. The third-order valence-corrected chi connectivity index (χ3v) is 8.17. The van der Waals surface area contributed by atoms with E-state index >= 15 is 0 Å². The second-order valence-electron chi connectivity index (χ2n) is 8.05. The molecule has 0 aliphatic carbocycles. The number of para-hydroxylation sites is 1. The number of fused-ring (bicyclic) bond motifs is 2. The zero-order chi connectivity index (χ0) is 24.0. The molecule has 3 heterocycles. The second kappa shape index (κ2) is 8.62. The molecule has 172 valence electrons. The van der Waals surface area contributed by atoms with Gasteiger partial charge in [0.25, 0.3) is 11.6 Å². The topological polar surface area (TPSA) is 105 Å². The van der Waals surface area contributed by atoms with Gasteiger partial charge in [0.2, 0.25) is 5.91 Å². The van der Waals surface area contributed by atoms with Crippen LogP contribution in [-0.2, 0) is 17.8 Å². The zero-order valence-electron chi connectivity index (χ0n) is 18.5. The summed E-state index contributed by atoms with van der Waals surface area (Å²) in [6.45, 7) is 4.22. The number of nitro groups is 1. The lowest BCUT2D eigenvalue weighted by Crippen LogP contribution is -2.33. The normalized spacial score (nSPS) is 13.1. The smallest absolute Gasteiger partial charge is 0.273 e. The summed E-state index contributed by atoms with van der Waals surface area (Å²) in [5.74, 6) is -0.399. The summed E-state index contributed by atoms with van der Waals surface area (Å²) < 4.78 is 1.05. The largest absolute Gasteiger partial charge is 0.337 e. The molecular formula is C24H20N4O4S2. The van der Waals surface area contributed by atoms with Gasteiger partial charge in [-0.15, -0.1) is 22.7 Å². The Kier molecular flexibility index (Phi) is 5.62. The number of nitrogens with one attached hydrogen (secondary N) is 1. The molecule has 1 aliphatic heterocycles. The van der Waals surface area contributed by atoms with E-state index in [0.717, 1.165) is 31.2 Å². The molecule has 0 spiro atoms. The molecule has 2 amide bonds. The van der Waals surface area contributed by atoms with E-state index in [1.165, 1.54) is 23.5 Å². The van der Waals surface area contributed by atoms with E-state index in [-0.39, 0.29) is 17.2 Å². The highest BCUT2D eigenvalue weighted by molar-refractivity contribution is 7.23. The molecule has 1 N–H and O–H groups in total. The van der Waals surface area contributed by atoms with E-state index < -0.39 is 10.8 Å². The van der Waals surface area contributed by atoms with Crippen molar-refractivity contribution in [2.45, 2.75) is 26.8 Å². The third kappa shape index (κ3) is 3.84. The van der Waals surface area contributed by atoms with Crippen molar-refractivity contribution in [2.24, 2.45) is 0 Å². The van der Waals surface area contributed by atoms with Crippen molar-refractivity contribution in [1.29, 1.82) is 0 Å². The first-order valence-electron chi connectivity index (χ1n) is 10.6. The van der Waals surface area contributed by atoms with Crippen molar-refractivity contribution in [3.8, 4) is 10.6 Å². The highest BCUT2D eigenvalue weighted by Gasteiger charge is 2.29. The molecule has 2 aromatic carbocycles. The van der Waals surface area contributed by atoms with Gasteiger partial charge in [-0.05, 0) is 37.1 Å². The molecule has 0 radical (unpaired) electrons. The first-order valence-corrected chi connectivity index (χ1v) is 12.3. The summed E-state index contributed by atoms with van der Waals surface area (Å²) in [5.41, 5.74) is 3.32. The maximum atomic E-state index is 13.2. The van der Waals surface area contributed by atoms with Crippen LogP contribution in [0.4, 0.5) is 10.7 Å². The second-order valence-corrected chi connectivity index (χ2v) is 10.2. The Hall–Kier alpha value is -3.63. The average molecular weight is 493 g/mol. The summed E-state index contributed by atoms with van der Waals surface area (Å²) in [6.07, 6.45) is 0.669. The number of nitro benzene ring substituents is 1. The van der Waals surface area contributed by atoms with Gasteiger partial charge >= 0.3 is 0 Å². The van der Waals surface area contributed by atoms with Crippen LogP contribution in [0.15, 0.2) is 42.5 Å². The standard InChI is InChI=1S/C24H20N4O4S2/c1-13-15(6-5-8-18(13)28(31)32)22(30)26-24-21(23-25-17-7-3-4-9-19(17)33-23)16-10-11-27(14(2)29)12-20(16)34-24/h3-9H,10-12H2,1-2H3,(H,26,30). The lowest BCUT2D eigenvalue weighted by Gasteiger charge is -2.26. The van der Waals surface area contributed by atoms with Crippen LogP contribution in [0.3, 0.4) is 0 Å². The molecule has 0 fully saturated rings. The summed E-state index contributed by atoms with van der Waals surface area (Å²) >= 11 is 2.99. The molecule has 10 heteroatoms. The number of carbonyl (C=O) groups is 2. The lowest BCUT2D eigenvalue weighted by molar-refractivity contribution is -0.385. The molecule has 0 saturated carbocycles. The number of thiophene rings is 1. The van der Waals surface area contributed by atoms with Crippen LogP contribution < -0.4 is 5.32 Å². The number of hydrogen-bond acceptors (Lipinski definition) is 7. The molecule has 0 atom stereocenters. The van der Waals surface area contributed by atoms with Crippen molar-refractivity contribution < 1.29 is 14.5 Å². The van der Waals surface area contributed by atoms with Gasteiger partial charge in [0.05, 0.1) is 21.7 Å². The van der Waals surface area contributed by atoms with E-state index in [9.17, 15) is 19.7 Å². The molecule has 34 heavy (non-hydrogen) atoms. The van der Waals surface area contributed by atoms with Gasteiger partial charge < -0.3 is 10.2 Å². The van der Waals surface area contributed by atoms with E-state index in [4.69, 9.17) is 4.98 Å². The number of rotatable bonds is 4. The molecule has 0 bridgehead atoms. The predicted octanol–water partition coefficient (Wildman–Crippen LogP) is 5.40. The van der Waals surface area contributed by atoms with Gasteiger partial charge in [-0.2, -0.15) is 0 Å². The molecule has 0 saturated heterocycles. The van der Waals surface area contributed by atoms with E-state index in [1.807, 2.05) is 24.3 Å². The number of amides is 2. The molecule has 1 aliphatic rings. The fourth-order valence-corrected chi connectivity index (χ4v) is 6.57. The van der Waals surface area contributed by atoms with Crippen LogP contribution in [0.25, 0.3) is 20.8 Å². The van der Waals surface area contributed by atoms with E-state index in [0.29, 0.717) is 30.1 Å². The van der Waals surface area contributed by atoms with Gasteiger partial charge in [0.15, 0.2) is 0 Å². The number of hydrogen-bond donors (Lipinski definition) is 1.